The van der Waals surface area contributed by atoms with Crippen LogP contribution in [0.2, 0.25) is 0 Å². The maximum Gasteiger partial charge on any atom is 0.358 e. The molecule has 0 aromatic carbocycles. The van der Waals surface area contributed by atoms with Crippen molar-refractivity contribution in [1.82, 2.24) is 9.97 Å². The summed E-state index contributed by atoms with van der Waals surface area (Å²) in [5, 5.41) is 0. The molecule has 0 N–H and O–H groups in total. The molecular formula is C12H17N3O3. The Kier molecular flexibility index (Phi) is 3.76. The number of esters is 1. The first-order valence-electron chi connectivity index (χ1n) is 5.91. The van der Waals surface area contributed by atoms with Crippen molar-refractivity contribution in [2.24, 2.45) is 0 Å². The number of aromatic nitrogens is 2. The lowest BCUT2D eigenvalue weighted by atomic mass is 10.2. The molecule has 0 spiro atoms. The van der Waals surface area contributed by atoms with Gasteiger partial charge in [0.05, 0.1) is 31.7 Å². The predicted octanol–water partition coefficient (Wildman–Crippen LogP) is 0.877. The van der Waals surface area contributed by atoms with Crippen LogP contribution in [0.4, 0.5) is 5.82 Å². The molecule has 1 aliphatic rings. The number of hydrogen-bond acceptors (Lipinski definition) is 6. The molecule has 1 saturated heterocycles. The summed E-state index contributed by atoms with van der Waals surface area (Å²) in [6.45, 7) is 5.51. The van der Waals surface area contributed by atoms with Crippen LogP contribution in [0.5, 0.6) is 0 Å². The lowest BCUT2D eigenvalue weighted by Crippen LogP contribution is -2.46. The highest BCUT2D eigenvalue weighted by Crippen LogP contribution is 2.17. The molecular weight excluding hydrogens is 234 g/mol. The Morgan fingerprint density at radius 3 is 2.67 bits per heavy atom. The van der Waals surface area contributed by atoms with Gasteiger partial charge in [0.25, 0.3) is 0 Å². The molecule has 1 aromatic rings. The first-order chi connectivity index (χ1) is 8.60. The highest BCUT2D eigenvalue weighted by molar-refractivity contribution is 5.87. The van der Waals surface area contributed by atoms with Gasteiger partial charge in [0.1, 0.15) is 5.82 Å². The topological polar surface area (TPSA) is 64.5 Å². The maximum absolute atomic E-state index is 11.4. The lowest BCUT2D eigenvalue weighted by Gasteiger charge is -2.35. The van der Waals surface area contributed by atoms with E-state index in [1.165, 1.54) is 13.3 Å². The Bertz CT molecular complexity index is 428. The van der Waals surface area contributed by atoms with E-state index in [1.807, 2.05) is 13.8 Å². The van der Waals surface area contributed by atoms with Crippen molar-refractivity contribution in [2.75, 3.05) is 25.1 Å². The first kappa shape index (κ1) is 12.8. The minimum atomic E-state index is -0.473. The van der Waals surface area contributed by atoms with Crippen LogP contribution in [0.1, 0.15) is 24.3 Å². The summed E-state index contributed by atoms with van der Waals surface area (Å²) < 4.78 is 10.3. The van der Waals surface area contributed by atoms with Crippen molar-refractivity contribution in [3.8, 4) is 0 Å². The zero-order chi connectivity index (χ0) is 13.1. The molecule has 0 amide bonds. The second kappa shape index (κ2) is 5.30. The summed E-state index contributed by atoms with van der Waals surface area (Å²) >= 11 is 0. The van der Waals surface area contributed by atoms with Crippen LogP contribution in [0.3, 0.4) is 0 Å². The molecule has 2 rings (SSSR count). The van der Waals surface area contributed by atoms with Crippen LogP contribution in [0.25, 0.3) is 0 Å². The van der Waals surface area contributed by atoms with Crippen LogP contribution in [-0.2, 0) is 9.47 Å². The van der Waals surface area contributed by atoms with Gasteiger partial charge in [-0.3, -0.25) is 4.98 Å². The number of ether oxygens (including phenoxy) is 2. The third kappa shape index (κ3) is 2.76. The summed E-state index contributed by atoms with van der Waals surface area (Å²) in [5.41, 5.74) is 0.224. The zero-order valence-electron chi connectivity index (χ0n) is 10.8. The molecule has 1 aromatic heterocycles. The van der Waals surface area contributed by atoms with E-state index in [9.17, 15) is 4.79 Å². The average molecular weight is 251 g/mol. The Labute approximate surface area is 106 Å². The number of carbonyl (C=O) groups is 1. The fourth-order valence-corrected chi connectivity index (χ4v) is 2.08. The third-order valence-corrected chi connectivity index (χ3v) is 2.76. The van der Waals surface area contributed by atoms with Crippen LogP contribution in [0, 0.1) is 0 Å². The minimum Gasteiger partial charge on any atom is -0.464 e. The predicted molar refractivity (Wildman–Crippen MR) is 65.6 cm³/mol. The van der Waals surface area contributed by atoms with Crippen molar-refractivity contribution >= 4 is 11.8 Å². The molecule has 0 radical (unpaired) electrons. The quantitative estimate of drug-likeness (QED) is 0.727. The second-order valence-corrected chi connectivity index (χ2v) is 4.42. The molecule has 0 saturated carbocycles. The smallest absolute Gasteiger partial charge is 0.358 e. The van der Waals surface area contributed by atoms with E-state index < -0.39 is 5.97 Å². The SMILES string of the molecule is COC(=O)c1cncc(N2C[C@@H](C)O[C@@H](C)C2)n1. The molecule has 0 bridgehead atoms. The minimum absolute atomic E-state index is 0.136. The van der Waals surface area contributed by atoms with Gasteiger partial charge in [0, 0.05) is 13.1 Å². The van der Waals surface area contributed by atoms with Gasteiger partial charge in [-0.15, -0.1) is 0 Å². The number of nitrogens with zero attached hydrogens (tertiary/aromatic N) is 3. The van der Waals surface area contributed by atoms with Crippen molar-refractivity contribution in [2.45, 2.75) is 26.1 Å². The van der Waals surface area contributed by atoms with Gasteiger partial charge in [0.2, 0.25) is 0 Å². The van der Waals surface area contributed by atoms with Gasteiger partial charge >= 0.3 is 5.97 Å². The molecule has 0 aliphatic carbocycles. The van der Waals surface area contributed by atoms with Gasteiger partial charge in [-0.25, -0.2) is 9.78 Å². The van der Waals surface area contributed by atoms with Crippen molar-refractivity contribution < 1.29 is 14.3 Å². The average Bonchev–Trinajstić information content (AvgIpc) is 2.37. The Morgan fingerprint density at radius 1 is 1.39 bits per heavy atom. The van der Waals surface area contributed by atoms with Crippen LogP contribution in [-0.4, -0.2) is 48.3 Å². The normalized spacial score (nSPS) is 23.8. The molecule has 2 heterocycles. The standard InChI is InChI=1S/C12H17N3O3/c1-8-6-15(7-9(2)18-8)11-5-13-4-10(14-11)12(16)17-3/h4-5,8-9H,6-7H2,1-3H3/t8-,9+. The summed E-state index contributed by atoms with van der Waals surface area (Å²) in [7, 11) is 1.33. The van der Waals surface area contributed by atoms with E-state index in [0.717, 1.165) is 13.1 Å². The molecule has 6 nitrogen and oxygen atoms in total. The Balaban J connectivity index is 2.20. The number of rotatable bonds is 2. The molecule has 6 heteroatoms. The summed E-state index contributed by atoms with van der Waals surface area (Å²) in [6.07, 6.45) is 3.33. The van der Waals surface area contributed by atoms with E-state index in [0.29, 0.717) is 5.82 Å². The molecule has 2 atom stereocenters. The monoisotopic (exact) mass is 251 g/mol. The number of anilines is 1. The third-order valence-electron chi connectivity index (χ3n) is 2.76. The highest BCUT2D eigenvalue weighted by atomic mass is 16.5. The summed E-state index contributed by atoms with van der Waals surface area (Å²) in [5.74, 6) is 0.207. The van der Waals surface area contributed by atoms with Crippen LogP contribution < -0.4 is 4.90 Å². The second-order valence-electron chi connectivity index (χ2n) is 4.42. The molecule has 0 unspecified atom stereocenters. The molecule has 18 heavy (non-hydrogen) atoms. The van der Waals surface area contributed by atoms with E-state index in [-0.39, 0.29) is 17.9 Å². The van der Waals surface area contributed by atoms with Crippen molar-refractivity contribution in [3.05, 3.63) is 18.1 Å². The van der Waals surface area contributed by atoms with Gasteiger partial charge in [0.15, 0.2) is 5.69 Å². The van der Waals surface area contributed by atoms with Gasteiger partial charge in [-0.2, -0.15) is 0 Å². The molecule has 1 aliphatic heterocycles. The first-order valence-corrected chi connectivity index (χ1v) is 5.91. The van der Waals surface area contributed by atoms with Crippen LogP contribution >= 0.6 is 0 Å². The molecule has 1 fully saturated rings. The zero-order valence-corrected chi connectivity index (χ0v) is 10.8. The summed E-state index contributed by atoms with van der Waals surface area (Å²) in [6, 6.07) is 0. The molecule has 98 valence electrons. The maximum atomic E-state index is 11.4. The van der Waals surface area contributed by atoms with E-state index in [1.54, 1.807) is 6.20 Å². The van der Waals surface area contributed by atoms with Crippen molar-refractivity contribution in [3.63, 3.8) is 0 Å². The fraction of sp³-hybridized carbons (Fsp3) is 0.583. The fourth-order valence-electron chi connectivity index (χ4n) is 2.08. The number of morpholine rings is 1. The summed E-state index contributed by atoms with van der Waals surface area (Å²) in [4.78, 5) is 21.8. The van der Waals surface area contributed by atoms with E-state index in [2.05, 4.69) is 19.6 Å². The van der Waals surface area contributed by atoms with Crippen molar-refractivity contribution in [1.29, 1.82) is 0 Å². The van der Waals surface area contributed by atoms with Gasteiger partial charge in [-0.05, 0) is 13.8 Å². The number of methoxy groups -OCH3 is 1. The van der Waals surface area contributed by atoms with Crippen LogP contribution in [0.15, 0.2) is 12.4 Å². The van der Waals surface area contributed by atoms with Gasteiger partial charge in [-0.1, -0.05) is 0 Å². The Hall–Kier alpha value is -1.69. The van der Waals surface area contributed by atoms with E-state index >= 15 is 0 Å². The number of carbonyl (C=O) groups excluding carboxylic acids is 1. The highest BCUT2D eigenvalue weighted by Gasteiger charge is 2.24. The van der Waals surface area contributed by atoms with Gasteiger partial charge < -0.3 is 14.4 Å². The van der Waals surface area contributed by atoms with E-state index in [4.69, 9.17) is 4.74 Å². The largest absolute Gasteiger partial charge is 0.464 e. The number of hydrogen-bond donors (Lipinski definition) is 0. The lowest BCUT2D eigenvalue weighted by molar-refractivity contribution is -0.00548. The Morgan fingerprint density at radius 2 is 2.06 bits per heavy atom.